The van der Waals surface area contributed by atoms with E-state index in [1.807, 2.05) is 47.1 Å². The predicted molar refractivity (Wildman–Crippen MR) is 121 cm³/mol. The first kappa shape index (κ1) is 21.5. The molecule has 1 aromatic heterocycles. The minimum Gasteiger partial charge on any atom is -0.354 e. The molecule has 9 nitrogen and oxygen atoms in total. The van der Waals surface area contributed by atoms with Gasteiger partial charge in [-0.3, -0.25) is 24.2 Å². The number of nitrogens with zero attached hydrogens (tertiary/aromatic N) is 5. The summed E-state index contributed by atoms with van der Waals surface area (Å²) in [5.41, 5.74) is 2.79. The lowest BCUT2D eigenvalue weighted by Crippen LogP contribution is -2.50. The third kappa shape index (κ3) is 4.45. The van der Waals surface area contributed by atoms with E-state index in [2.05, 4.69) is 5.32 Å². The normalized spacial score (nSPS) is 20.8. The van der Waals surface area contributed by atoms with Crippen molar-refractivity contribution in [3.63, 3.8) is 0 Å². The molecule has 2 fully saturated rings. The molecule has 0 radical (unpaired) electrons. The van der Waals surface area contributed by atoms with Crippen molar-refractivity contribution >= 4 is 23.5 Å². The Morgan fingerprint density at radius 2 is 1.97 bits per heavy atom. The number of benzene rings is 1. The van der Waals surface area contributed by atoms with Crippen LogP contribution in [0.3, 0.4) is 0 Å². The van der Waals surface area contributed by atoms with Crippen molar-refractivity contribution < 1.29 is 14.4 Å². The van der Waals surface area contributed by atoms with Crippen molar-refractivity contribution in [2.24, 2.45) is 0 Å². The minimum absolute atomic E-state index is 0.0333. The maximum absolute atomic E-state index is 12.8. The van der Waals surface area contributed by atoms with E-state index < -0.39 is 0 Å². The number of rotatable bonds is 5. The summed E-state index contributed by atoms with van der Waals surface area (Å²) >= 11 is 0. The van der Waals surface area contributed by atoms with Crippen LogP contribution in [0, 0.1) is 6.92 Å². The fourth-order valence-corrected chi connectivity index (χ4v) is 4.82. The van der Waals surface area contributed by atoms with E-state index >= 15 is 0 Å². The second-order valence-corrected chi connectivity index (χ2v) is 9.00. The van der Waals surface area contributed by atoms with Crippen molar-refractivity contribution in [1.82, 2.24) is 25.1 Å². The molecular weight excluding hydrogens is 420 g/mol. The van der Waals surface area contributed by atoms with Crippen molar-refractivity contribution in [3.8, 4) is 0 Å². The van der Waals surface area contributed by atoms with Crippen LogP contribution in [-0.4, -0.2) is 76.8 Å². The van der Waals surface area contributed by atoms with Gasteiger partial charge in [-0.05, 0) is 18.9 Å². The maximum Gasteiger partial charge on any atom is 0.236 e. The van der Waals surface area contributed by atoms with Crippen molar-refractivity contribution in [2.45, 2.75) is 32.2 Å². The lowest BCUT2D eigenvalue weighted by molar-refractivity contribution is -0.133. The molecule has 1 N–H and O–H groups in total. The number of anilines is 1. The molecule has 33 heavy (non-hydrogen) atoms. The van der Waals surface area contributed by atoms with Gasteiger partial charge < -0.3 is 10.2 Å². The largest absolute Gasteiger partial charge is 0.354 e. The number of hydrogen-bond acceptors (Lipinski definition) is 6. The summed E-state index contributed by atoms with van der Waals surface area (Å²) in [5.74, 6) is 1.48. The zero-order valence-electron chi connectivity index (χ0n) is 18.8. The molecule has 3 aliphatic rings. The SMILES string of the molecule is Cc1nc([C@H]2CCN(C(=O)CN3CCNC(=O)C3)C2)nc2c1CC(=O)N2Cc1ccccc1. The number of hydrogen-bond donors (Lipinski definition) is 1. The number of aromatic nitrogens is 2. The smallest absolute Gasteiger partial charge is 0.236 e. The summed E-state index contributed by atoms with van der Waals surface area (Å²) in [4.78, 5) is 52.2. The number of aryl methyl sites for hydroxylation is 1. The molecule has 3 aliphatic heterocycles. The molecule has 0 saturated carbocycles. The average molecular weight is 449 g/mol. The number of nitrogens with one attached hydrogen (secondary N) is 1. The van der Waals surface area contributed by atoms with E-state index in [1.165, 1.54) is 0 Å². The third-order valence-corrected chi connectivity index (χ3v) is 6.66. The van der Waals surface area contributed by atoms with Gasteiger partial charge in [-0.1, -0.05) is 30.3 Å². The van der Waals surface area contributed by atoms with Gasteiger partial charge in [0, 0.05) is 43.4 Å². The Kier molecular flexibility index (Phi) is 5.80. The summed E-state index contributed by atoms with van der Waals surface area (Å²) in [6.07, 6.45) is 1.12. The fraction of sp³-hybridized carbons (Fsp3) is 0.458. The molecule has 0 bridgehead atoms. The standard InChI is InChI=1S/C24H28N6O3/c1-16-19-11-21(32)30(12-17-5-3-2-4-6-17)24(19)27-23(26-16)18-7-9-29(13-18)22(33)15-28-10-8-25-20(31)14-28/h2-6,18H,7-15H2,1H3,(H,25,31)/t18-/m0/s1. The first-order valence-corrected chi connectivity index (χ1v) is 11.5. The van der Waals surface area contributed by atoms with Crippen LogP contribution in [0.2, 0.25) is 0 Å². The highest BCUT2D eigenvalue weighted by Crippen LogP contribution is 2.33. The summed E-state index contributed by atoms with van der Waals surface area (Å²) in [6, 6.07) is 9.90. The topological polar surface area (TPSA) is 98.7 Å². The van der Waals surface area contributed by atoms with Gasteiger partial charge in [-0.15, -0.1) is 0 Å². The molecule has 5 rings (SSSR count). The van der Waals surface area contributed by atoms with Gasteiger partial charge in [-0.25, -0.2) is 9.97 Å². The average Bonchev–Trinajstić information content (AvgIpc) is 3.41. The van der Waals surface area contributed by atoms with Gasteiger partial charge in [0.15, 0.2) is 0 Å². The summed E-state index contributed by atoms with van der Waals surface area (Å²) in [7, 11) is 0. The lowest BCUT2D eigenvalue weighted by Gasteiger charge is -2.27. The van der Waals surface area contributed by atoms with Gasteiger partial charge in [-0.2, -0.15) is 0 Å². The Hall–Kier alpha value is -3.33. The third-order valence-electron chi connectivity index (χ3n) is 6.66. The molecule has 0 aliphatic carbocycles. The van der Waals surface area contributed by atoms with E-state index in [1.54, 1.807) is 4.90 Å². The van der Waals surface area contributed by atoms with Crippen LogP contribution in [0.15, 0.2) is 30.3 Å². The van der Waals surface area contributed by atoms with E-state index in [0.29, 0.717) is 50.8 Å². The Balaban J connectivity index is 1.29. The van der Waals surface area contributed by atoms with Crippen LogP contribution in [0.5, 0.6) is 0 Å². The second-order valence-electron chi connectivity index (χ2n) is 9.00. The van der Waals surface area contributed by atoms with E-state index in [-0.39, 0.29) is 36.7 Å². The fourth-order valence-electron chi connectivity index (χ4n) is 4.82. The quantitative estimate of drug-likeness (QED) is 0.720. The second kappa shape index (κ2) is 8.90. The Bertz CT molecular complexity index is 1090. The van der Waals surface area contributed by atoms with Crippen LogP contribution in [0.4, 0.5) is 5.82 Å². The molecule has 4 heterocycles. The Morgan fingerprint density at radius 1 is 1.15 bits per heavy atom. The maximum atomic E-state index is 12.8. The molecule has 2 aromatic rings. The van der Waals surface area contributed by atoms with Gasteiger partial charge in [0.1, 0.15) is 11.6 Å². The first-order valence-electron chi connectivity index (χ1n) is 11.5. The highest BCUT2D eigenvalue weighted by atomic mass is 16.2. The zero-order chi connectivity index (χ0) is 22.9. The molecule has 3 amide bonds. The number of carbonyl (C=O) groups excluding carboxylic acids is 3. The molecular formula is C24H28N6O3. The van der Waals surface area contributed by atoms with Crippen LogP contribution >= 0.6 is 0 Å². The predicted octanol–water partition coefficient (Wildman–Crippen LogP) is 0.622. The van der Waals surface area contributed by atoms with Crippen LogP contribution in [0.1, 0.15) is 35.0 Å². The number of amides is 3. The van der Waals surface area contributed by atoms with Crippen molar-refractivity contribution in [3.05, 3.63) is 53.0 Å². The van der Waals surface area contributed by atoms with E-state index in [9.17, 15) is 14.4 Å². The highest BCUT2D eigenvalue weighted by Gasteiger charge is 2.35. The molecule has 1 atom stereocenters. The summed E-state index contributed by atoms with van der Waals surface area (Å²) < 4.78 is 0. The molecule has 0 spiro atoms. The van der Waals surface area contributed by atoms with Crippen molar-refractivity contribution in [1.29, 1.82) is 0 Å². The monoisotopic (exact) mass is 448 g/mol. The lowest BCUT2D eigenvalue weighted by atomic mass is 10.1. The van der Waals surface area contributed by atoms with Crippen LogP contribution in [-0.2, 0) is 27.3 Å². The number of likely N-dealkylation sites (tertiary alicyclic amines) is 1. The minimum atomic E-state index is -0.0371. The Morgan fingerprint density at radius 3 is 2.76 bits per heavy atom. The zero-order valence-corrected chi connectivity index (χ0v) is 18.8. The van der Waals surface area contributed by atoms with E-state index in [0.717, 1.165) is 23.2 Å². The molecule has 172 valence electrons. The van der Waals surface area contributed by atoms with Gasteiger partial charge in [0.25, 0.3) is 0 Å². The van der Waals surface area contributed by atoms with Crippen LogP contribution < -0.4 is 10.2 Å². The molecule has 9 heteroatoms. The number of fused-ring (bicyclic) bond motifs is 1. The number of piperazine rings is 1. The van der Waals surface area contributed by atoms with Gasteiger partial charge in [0.2, 0.25) is 17.7 Å². The summed E-state index contributed by atoms with van der Waals surface area (Å²) in [6.45, 7) is 5.41. The highest BCUT2D eigenvalue weighted by molar-refractivity contribution is 6.00. The van der Waals surface area contributed by atoms with Gasteiger partial charge in [0.05, 0.1) is 26.1 Å². The van der Waals surface area contributed by atoms with Crippen LogP contribution in [0.25, 0.3) is 0 Å². The molecule has 0 unspecified atom stereocenters. The summed E-state index contributed by atoms with van der Waals surface area (Å²) in [5, 5.41) is 2.78. The van der Waals surface area contributed by atoms with E-state index in [4.69, 9.17) is 9.97 Å². The molecule has 2 saturated heterocycles. The number of carbonyl (C=O) groups is 3. The first-order chi connectivity index (χ1) is 16.0. The van der Waals surface area contributed by atoms with Gasteiger partial charge >= 0.3 is 0 Å². The van der Waals surface area contributed by atoms with Crippen molar-refractivity contribution in [2.75, 3.05) is 44.2 Å². The molecule has 1 aromatic carbocycles. The Labute approximate surface area is 192 Å².